The van der Waals surface area contributed by atoms with Crippen molar-refractivity contribution in [2.24, 2.45) is 0 Å². The zero-order valence-electron chi connectivity index (χ0n) is 14.7. The maximum atomic E-state index is 12.2. The number of carbonyl (C=O) groups is 1. The van der Waals surface area contributed by atoms with Crippen molar-refractivity contribution in [1.82, 2.24) is 5.32 Å². The molecule has 0 heterocycles. The van der Waals surface area contributed by atoms with E-state index >= 15 is 0 Å². The minimum Gasteiger partial charge on any atom is -0.349 e. The minimum absolute atomic E-state index is 0.00455. The van der Waals surface area contributed by atoms with Crippen molar-refractivity contribution in [3.8, 4) is 0 Å². The molecule has 6 heteroatoms. The second-order valence-electron chi connectivity index (χ2n) is 6.59. The zero-order chi connectivity index (χ0) is 18.5. The Kier molecular flexibility index (Phi) is 5.93. The number of carbonyl (C=O) groups excluding carboxylic acids is 1. The number of fused-ring (bicyclic) bond motifs is 1. The maximum absolute atomic E-state index is 12.2. The number of hydrogen-bond acceptors (Lipinski definition) is 4. The number of nitrogens with one attached hydrogen (secondary N) is 1. The smallest absolute Gasteiger partial charge is 0.269 e. The van der Waals surface area contributed by atoms with Gasteiger partial charge >= 0.3 is 0 Å². The monoisotopic (exact) mass is 370 g/mol. The first kappa shape index (κ1) is 18.5. The van der Waals surface area contributed by atoms with Crippen LogP contribution in [0, 0.1) is 10.1 Å². The summed E-state index contributed by atoms with van der Waals surface area (Å²) in [4.78, 5) is 22.4. The molecule has 0 aromatic heterocycles. The molecule has 0 saturated heterocycles. The van der Waals surface area contributed by atoms with E-state index in [4.69, 9.17) is 0 Å². The van der Waals surface area contributed by atoms with E-state index in [9.17, 15) is 14.9 Å². The zero-order valence-corrected chi connectivity index (χ0v) is 15.6. The van der Waals surface area contributed by atoms with Gasteiger partial charge in [-0.25, -0.2) is 0 Å². The van der Waals surface area contributed by atoms with E-state index in [-0.39, 0.29) is 17.6 Å². The predicted molar refractivity (Wildman–Crippen MR) is 104 cm³/mol. The molecule has 1 atom stereocenters. The number of amides is 1. The van der Waals surface area contributed by atoms with Gasteiger partial charge in [0.15, 0.2) is 0 Å². The van der Waals surface area contributed by atoms with Crippen LogP contribution < -0.4 is 5.32 Å². The maximum Gasteiger partial charge on any atom is 0.269 e. The molecular formula is C20H22N2O3S. The third kappa shape index (κ3) is 4.64. The highest BCUT2D eigenvalue weighted by Crippen LogP contribution is 2.25. The van der Waals surface area contributed by atoms with Gasteiger partial charge in [0, 0.05) is 17.9 Å². The summed E-state index contributed by atoms with van der Waals surface area (Å²) in [5, 5.41) is 13.7. The largest absolute Gasteiger partial charge is 0.349 e. The molecule has 0 bridgehead atoms. The first-order valence-corrected chi connectivity index (χ1v) is 9.90. The van der Waals surface area contributed by atoms with E-state index in [0.29, 0.717) is 11.5 Å². The van der Waals surface area contributed by atoms with Crippen molar-refractivity contribution in [2.75, 3.05) is 5.75 Å². The second kappa shape index (κ2) is 8.36. The van der Waals surface area contributed by atoms with Gasteiger partial charge in [-0.3, -0.25) is 14.9 Å². The van der Waals surface area contributed by atoms with Crippen LogP contribution in [0.1, 0.15) is 41.6 Å². The highest BCUT2D eigenvalue weighted by Gasteiger charge is 2.15. The van der Waals surface area contributed by atoms with E-state index in [0.717, 1.165) is 24.0 Å². The summed E-state index contributed by atoms with van der Waals surface area (Å²) < 4.78 is 0. The summed E-state index contributed by atoms with van der Waals surface area (Å²) >= 11 is 1.50. The van der Waals surface area contributed by atoms with Crippen molar-refractivity contribution in [1.29, 1.82) is 0 Å². The molecular weight excluding hydrogens is 348 g/mol. The van der Waals surface area contributed by atoms with Crippen LogP contribution in [0.3, 0.4) is 0 Å². The van der Waals surface area contributed by atoms with Crippen LogP contribution in [0.2, 0.25) is 0 Å². The third-order valence-corrected chi connectivity index (χ3v) is 5.65. The molecule has 0 saturated carbocycles. The molecule has 2 aromatic carbocycles. The van der Waals surface area contributed by atoms with E-state index in [2.05, 4.69) is 23.5 Å². The van der Waals surface area contributed by atoms with E-state index in [1.165, 1.54) is 41.4 Å². The molecule has 1 aliphatic carbocycles. The summed E-state index contributed by atoms with van der Waals surface area (Å²) in [5.74, 6) is 1.02. The Balaban J connectivity index is 1.45. The van der Waals surface area contributed by atoms with Gasteiger partial charge in [-0.1, -0.05) is 30.3 Å². The first-order valence-electron chi connectivity index (χ1n) is 8.75. The molecule has 1 amide bonds. The van der Waals surface area contributed by atoms with Gasteiger partial charge in [-0.2, -0.15) is 0 Å². The average molecular weight is 370 g/mol. The lowest BCUT2D eigenvalue weighted by molar-refractivity contribution is -0.384. The standard InChI is InChI=1S/C20H22N2O3S/c1-14(17-8-7-16-3-2-4-18(16)11-17)21-20(23)13-26-12-15-5-9-19(10-6-15)22(24)25/h5-11,14H,2-4,12-13H2,1H3,(H,21,23)/t14-/m1/s1. The highest BCUT2D eigenvalue weighted by molar-refractivity contribution is 7.99. The van der Waals surface area contributed by atoms with Crippen LogP contribution >= 0.6 is 11.8 Å². The van der Waals surface area contributed by atoms with Crippen LogP contribution in [0.5, 0.6) is 0 Å². The van der Waals surface area contributed by atoms with Crippen molar-refractivity contribution in [2.45, 2.75) is 38.0 Å². The van der Waals surface area contributed by atoms with E-state index in [1.54, 1.807) is 12.1 Å². The van der Waals surface area contributed by atoms with Crippen LogP contribution in [0.4, 0.5) is 5.69 Å². The molecule has 0 fully saturated rings. The van der Waals surface area contributed by atoms with Gasteiger partial charge < -0.3 is 5.32 Å². The van der Waals surface area contributed by atoms with Crippen molar-refractivity contribution < 1.29 is 9.72 Å². The Labute approximate surface area is 157 Å². The topological polar surface area (TPSA) is 72.2 Å². The predicted octanol–water partition coefficient (Wildman–Crippen LogP) is 4.19. The van der Waals surface area contributed by atoms with E-state index < -0.39 is 4.92 Å². The van der Waals surface area contributed by atoms with E-state index in [1.807, 2.05) is 6.92 Å². The van der Waals surface area contributed by atoms with Crippen LogP contribution in [0.15, 0.2) is 42.5 Å². The van der Waals surface area contributed by atoms with Gasteiger partial charge in [0.1, 0.15) is 0 Å². The fourth-order valence-corrected chi connectivity index (χ4v) is 4.00. The molecule has 0 spiro atoms. The number of non-ortho nitro benzene ring substituents is 1. The molecule has 3 rings (SSSR count). The molecule has 1 N–H and O–H groups in total. The lowest BCUT2D eigenvalue weighted by atomic mass is 10.0. The fourth-order valence-electron chi connectivity index (χ4n) is 3.20. The SMILES string of the molecule is C[C@@H](NC(=O)CSCc1ccc([N+](=O)[O-])cc1)c1ccc2c(c1)CCC2. The number of nitrogens with zero attached hydrogens (tertiary/aromatic N) is 1. The molecule has 136 valence electrons. The summed E-state index contributed by atoms with van der Waals surface area (Å²) in [6, 6.07) is 13.0. The normalized spacial score (nSPS) is 13.9. The second-order valence-corrected chi connectivity index (χ2v) is 7.57. The number of hydrogen-bond donors (Lipinski definition) is 1. The summed E-state index contributed by atoms with van der Waals surface area (Å²) in [7, 11) is 0. The first-order chi connectivity index (χ1) is 12.5. The molecule has 26 heavy (non-hydrogen) atoms. The molecule has 1 aliphatic rings. The number of rotatable bonds is 7. The molecule has 5 nitrogen and oxygen atoms in total. The Morgan fingerprint density at radius 2 is 1.92 bits per heavy atom. The van der Waals surface area contributed by atoms with Gasteiger partial charge in [-0.15, -0.1) is 11.8 Å². The average Bonchev–Trinajstić information content (AvgIpc) is 3.09. The molecule has 0 radical (unpaired) electrons. The lowest BCUT2D eigenvalue weighted by Gasteiger charge is -2.15. The van der Waals surface area contributed by atoms with Crippen LogP contribution in [-0.4, -0.2) is 16.6 Å². The Morgan fingerprint density at radius 3 is 2.65 bits per heavy atom. The number of thioether (sulfide) groups is 1. The number of aryl methyl sites for hydroxylation is 2. The van der Waals surface area contributed by atoms with Gasteiger partial charge in [-0.05, 0) is 48.4 Å². The Morgan fingerprint density at radius 1 is 1.19 bits per heavy atom. The number of benzene rings is 2. The molecule has 0 aliphatic heterocycles. The minimum atomic E-state index is -0.412. The number of nitro groups is 1. The van der Waals surface area contributed by atoms with Gasteiger partial charge in [0.05, 0.1) is 16.7 Å². The summed E-state index contributed by atoms with van der Waals surface area (Å²) in [5.41, 5.74) is 5.06. The fraction of sp³-hybridized carbons (Fsp3) is 0.350. The Hall–Kier alpha value is -2.34. The summed E-state index contributed by atoms with van der Waals surface area (Å²) in [6.07, 6.45) is 3.52. The molecule has 2 aromatic rings. The Bertz CT molecular complexity index is 805. The van der Waals surface area contributed by atoms with Gasteiger partial charge in [0.2, 0.25) is 5.91 Å². The van der Waals surface area contributed by atoms with Gasteiger partial charge in [0.25, 0.3) is 5.69 Å². The molecule has 0 unspecified atom stereocenters. The lowest BCUT2D eigenvalue weighted by Crippen LogP contribution is -2.28. The van der Waals surface area contributed by atoms with Crippen LogP contribution in [-0.2, 0) is 23.4 Å². The van der Waals surface area contributed by atoms with Crippen LogP contribution in [0.25, 0.3) is 0 Å². The van der Waals surface area contributed by atoms with Crippen molar-refractivity contribution in [3.05, 3.63) is 74.8 Å². The highest BCUT2D eigenvalue weighted by atomic mass is 32.2. The summed E-state index contributed by atoms with van der Waals surface area (Å²) in [6.45, 7) is 2.01. The van der Waals surface area contributed by atoms with Crippen molar-refractivity contribution in [3.63, 3.8) is 0 Å². The quantitative estimate of drug-likeness (QED) is 0.586. The van der Waals surface area contributed by atoms with Crippen molar-refractivity contribution >= 4 is 23.4 Å². The number of nitro benzene ring substituents is 1. The third-order valence-electron chi connectivity index (χ3n) is 4.65.